The molecule has 1 aliphatic heterocycles. The molecule has 4 aromatic rings. The van der Waals surface area contributed by atoms with Crippen LogP contribution in [0, 0.1) is 11.3 Å². The molecule has 1 N–H and O–H groups in total. The Morgan fingerprint density at radius 1 is 1.23 bits per heavy atom. The van der Waals surface area contributed by atoms with Gasteiger partial charge in [-0.2, -0.15) is 5.26 Å². The molecule has 6 nitrogen and oxygen atoms in total. The van der Waals surface area contributed by atoms with Gasteiger partial charge in [-0.05, 0) is 43.1 Å². The first kappa shape index (κ1) is 18.8. The summed E-state index contributed by atoms with van der Waals surface area (Å²) >= 11 is 1.34. The molecule has 5 rings (SSSR count). The molecule has 0 unspecified atom stereocenters. The Kier molecular flexibility index (Phi) is 4.95. The number of benzene rings is 1. The van der Waals surface area contributed by atoms with Gasteiger partial charge in [-0.1, -0.05) is 35.6 Å². The van der Waals surface area contributed by atoms with Crippen molar-refractivity contribution in [2.45, 2.75) is 25.4 Å². The van der Waals surface area contributed by atoms with Crippen LogP contribution in [0.25, 0.3) is 10.9 Å². The molecule has 0 saturated carbocycles. The van der Waals surface area contributed by atoms with E-state index in [0.717, 1.165) is 31.0 Å². The van der Waals surface area contributed by atoms with Crippen LogP contribution in [-0.4, -0.2) is 26.0 Å². The fourth-order valence-corrected chi connectivity index (χ4v) is 4.94. The number of nitriles is 1. The summed E-state index contributed by atoms with van der Waals surface area (Å²) in [6.45, 7) is 1.99. The van der Waals surface area contributed by atoms with E-state index in [-0.39, 0.29) is 0 Å². The Labute approximate surface area is 179 Å². The summed E-state index contributed by atoms with van der Waals surface area (Å²) in [6, 6.07) is 17.1. The van der Waals surface area contributed by atoms with E-state index in [1.165, 1.54) is 34.2 Å². The van der Waals surface area contributed by atoms with E-state index < -0.39 is 0 Å². The second-order valence-corrected chi connectivity index (χ2v) is 8.66. The van der Waals surface area contributed by atoms with Crippen molar-refractivity contribution >= 4 is 33.2 Å². The highest BCUT2D eigenvalue weighted by Gasteiger charge is 2.28. The summed E-state index contributed by atoms with van der Waals surface area (Å²) < 4.78 is 2.21. The smallest absolute Gasteiger partial charge is 0.189 e. The van der Waals surface area contributed by atoms with Crippen molar-refractivity contribution in [1.29, 1.82) is 5.26 Å². The maximum Gasteiger partial charge on any atom is 0.189 e. The van der Waals surface area contributed by atoms with Crippen molar-refractivity contribution in [2.75, 3.05) is 11.9 Å². The van der Waals surface area contributed by atoms with Crippen molar-refractivity contribution in [3.05, 3.63) is 71.0 Å². The number of likely N-dealkylation sites (tertiary alicyclic amines) is 1. The predicted molar refractivity (Wildman–Crippen MR) is 120 cm³/mol. The first-order chi connectivity index (χ1) is 14.7. The van der Waals surface area contributed by atoms with Crippen LogP contribution in [0.5, 0.6) is 0 Å². The minimum Gasteiger partial charge on any atom is -0.350 e. The van der Waals surface area contributed by atoms with Gasteiger partial charge >= 0.3 is 0 Å². The van der Waals surface area contributed by atoms with Crippen LogP contribution in [0.15, 0.2) is 54.9 Å². The number of hydrogen-bond donors (Lipinski definition) is 1. The number of hydrogen-bond acceptors (Lipinski definition) is 6. The summed E-state index contributed by atoms with van der Waals surface area (Å²) in [5, 5.41) is 14.2. The molecular weight excluding hydrogens is 392 g/mol. The minimum absolute atomic E-state index is 0.302. The van der Waals surface area contributed by atoms with Gasteiger partial charge in [-0.25, -0.2) is 9.97 Å². The molecule has 0 amide bonds. The summed E-state index contributed by atoms with van der Waals surface area (Å²) in [5.74, 6) is 0.767. The molecule has 1 aliphatic rings. The van der Waals surface area contributed by atoms with Gasteiger partial charge in [0.15, 0.2) is 5.13 Å². The number of aromatic nitrogens is 3. The molecule has 0 bridgehead atoms. The van der Waals surface area contributed by atoms with Gasteiger partial charge in [0.2, 0.25) is 0 Å². The highest BCUT2D eigenvalue weighted by Crippen LogP contribution is 2.34. The van der Waals surface area contributed by atoms with Crippen LogP contribution >= 0.6 is 11.3 Å². The van der Waals surface area contributed by atoms with E-state index in [4.69, 9.17) is 10.2 Å². The highest BCUT2D eigenvalue weighted by molar-refractivity contribution is 7.16. The first-order valence-electron chi connectivity index (χ1n) is 10.1. The molecular formula is C23H22N6S. The standard InChI is InChI=1S/C23H22N6S/c1-28-14-16(18-6-2-3-8-20(18)28)15-29-11-5-9-21(29)19-7-4-10-22(26-19)27-23-25-13-17(12-24)30-23/h2-4,6-8,10,13-14,21H,5,9,11,15H2,1H3,(H,25,26,27)/t21-/m1/s1. The second-order valence-electron chi connectivity index (χ2n) is 7.63. The Balaban J connectivity index is 1.37. The average molecular weight is 415 g/mol. The summed E-state index contributed by atoms with van der Waals surface area (Å²) in [4.78, 5) is 12.2. The number of aryl methyl sites for hydroxylation is 1. The first-order valence-corrected chi connectivity index (χ1v) is 10.9. The third-order valence-electron chi connectivity index (χ3n) is 5.68. The number of rotatable bonds is 5. The Morgan fingerprint density at radius 2 is 2.13 bits per heavy atom. The molecule has 0 aliphatic carbocycles. The van der Waals surface area contributed by atoms with E-state index in [0.29, 0.717) is 16.1 Å². The quantitative estimate of drug-likeness (QED) is 0.499. The molecule has 1 fully saturated rings. The van der Waals surface area contributed by atoms with Crippen LogP contribution in [0.4, 0.5) is 10.9 Å². The predicted octanol–water partition coefficient (Wildman–Crippen LogP) is 4.98. The van der Waals surface area contributed by atoms with E-state index >= 15 is 0 Å². The molecule has 0 radical (unpaired) electrons. The lowest BCUT2D eigenvalue weighted by Gasteiger charge is -2.24. The Bertz CT molecular complexity index is 1230. The zero-order valence-corrected chi connectivity index (χ0v) is 17.6. The van der Waals surface area contributed by atoms with E-state index in [9.17, 15) is 0 Å². The normalized spacial score (nSPS) is 16.7. The fraction of sp³-hybridized carbons (Fsp3) is 0.261. The zero-order valence-electron chi connectivity index (χ0n) is 16.7. The SMILES string of the molecule is Cn1cc(CN2CCC[C@@H]2c2cccc(Nc3ncc(C#N)s3)n2)c2ccccc21. The topological polar surface area (TPSA) is 69.8 Å². The van der Waals surface area contributed by atoms with Gasteiger partial charge < -0.3 is 9.88 Å². The second kappa shape index (κ2) is 7.90. The van der Waals surface area contributed by atoms with E-state index in [1.807, 2.05) is 12.1 Å². The third-order valence-corrected chi connectivity index (χ3v) is 6.50. The number of fused-ring (bicyclic) bond motifs is 1. The number of para-hydroxylation sites is 1. The lowest BCUT2D eigenvalue weighted by molar-refractivity contribution is 0.245. The number of thiazole rings is 1. The third kappa shape index (κ3) is 3.56. The summed E-state index contributed by atoms with van der Waals surface area (Å²) in [7, 11) is 2.11. The minimum atomic E-state index is 0.302. The van der Waals surface area contributed by atoms with Crippen molar-refractivity contribution in [2.24, 2.45) is 7.05 Å². The molecule has 30 heavy (non-hydrogen) atoms. The number of nitrogens with one attached hydrogen (secondary N) is 1. The molecule has 7 heteroatoms. The van der Waals surface area contributed by atoms with Gasteiger partial charge in [0, 0.05) is 30.7 Å². The van der Waals surface area contributed by atoms with Crippen molar-refractivity contribution in [1.82, 2.24) is 19.4 Å². The summed E-state index contributed by atoms with van der Waals surface area (Å²) in [6.07, 6.45) is 6.12. The molecule has 1 aromatic carbocycles. The molecule has 1 saturated heterocycles. The van der Waals surface area contributed by atoms with Crippen LogP contribution in [0.1, 0.15) is 35.0 Å². The van der Waals surface area contributed by atoms with Crippen LogP contribution < -0.4 is 5.32 Å². The van der Waals surface area contributed by atoms with Gasteiger partial charge in [0.05, 0.1) is 17.9 Å². The number of nitrogens with zero attached hydrogens (tertiary/aromatic N) is 5. The van der Waals surface area contributed by atoms with E-state index in [1.54, 1.807) is 6.20 Å². The highest BCUT2D eigenvalue weighted by atomic mass is 32.1. The van der Waals surface area contributed by atoms with Crippen molar-refractivity contribution in [3.63, 3.8) is 0 Å². The van der Waals surface area contributed by atoms with Crippen molar-refractivity contribution < 1.29 is 0 Å². The fourth-order valence-electron chi connectivity index (χ4n) is 4.32. The lowest BCUT2D eigenvalue weighted by Crippen LogP contribution is -2.23. The molecule has 3 aromatic heterocycles. The largest absolute Gasteiger partial charge is 0.350 e. The molecule has 150 valence electrons. The van der Waals surface area contributed by atoms with Gasteiger partial charge in [-0.3, -0.25) is 4.90 Å². The van der Waals surface area contributed by atoms with Crippen LogP contribution in [0.2, 0.25) is 0 Å². The Morgan fingerprint density at radius 3 is 3.00 bits per heavy atom. The average Bonchev–Trinajstić information content (AvgIpc) is 3.49. The molecule has 4 heterocycles. The zero-order chi connectivity index (χ0) is 20.5. The molecule has 0 spiro atoms. The van der Waals surface area contributed by atoms with Crippen LogP contribution in [0.3, 0.4) is 0 Å². The van der Waals surface area contributed by atoms with Crippen LogP contribution in [-0.2, 0) is 13.6 Å². The Hall–Kier alpha value is -3.21. The number of pyridine rings is 1. The molecule has 1 atom stereocenters. The lowest BCUT2D eigenvalue weighted by atomic mass is 10.1. The maximum atomic E-state index is 8.99. The monoisotopic (exact) mass is 414 g/mol. The van der Waals surface area contributed by atoms with Gasteiger partial charge in [0.1, 0.15) is 16.8 Å². The number of anilines is 2. The van der Waals surface area contributed by atoms with Crippen molar-refractivity contribution in [3.8, 4) is 6.07 Å². The summed E-state index contributed by atoms with van der Waals surface area (Å²) in [5.41, 5.74) is 3.71. The van der Waals surface area contributed by atoms with Gasteiger partial charge in [-0.15, -0.1) is 0 Å². The maximum absolute atomic E-state index is 8.99. The van der Waals surface area contributed by atoms with Gasteiger partial charge in [0.25, 0.3) is 0 Å². The van der Waals surface area contributed by atoms with E-state index in [2.05, 4.69) is 69.4 Å².